The highest BCUT2D eigenvalue weighted by atomic mass is 15.0. The molecule has 1 heterocycles. The first-order valence-electron chi connectivity index (χ1n) is 9.73. The molecule has 4 aromatic rings. The van der Waals surface area contributed by atoms with Gasteiger partial charge in [0, 0.05) is 12.1 Å². The van der Waals surface area contributed by atoms with E-state index in [1.54, 1.807) is 0 Å². The van der Waals surface area contributed by atoms with E-state index in [9.17, 15) is 0 Å². The molecule has 0 radical (unpaired) electrons. The Balaban J connectivity index is 1.59. The maximum absolute atomic E-state index is 3.94. The van der Waals surface area contributed by atoms with Gasteiger partial charge in [0.2, 0.25) is 0 Å². The van der Waals surface area contributed by atoms with Gasteiger partial charge in [-0.3, -0.25) is 0 Å². The molecule has 0 saturated heterocycles. The Morgan fingerprint density at radius 3 is 2.07 bits per heavy atom. The van der Waals surface area contributed by atoms with Gasteiger partial charge in [-0.2, -0.15) is 0 Å². The van der Waals surface area contributed by atoms with E-state index in [0.29, 0.717) is 12.1 Å². The van der Waals surface area contributed by atoms with Gasteiger partial charge in [0.05, 0.1) is 0 Å². The highest BCUT2D eigenvalue weighted by molar-refractivity contribution is 5.84. The molecule has 1 heteroatoms. The summed E-state index contributed by atoms with van der Waals surface area (Å²) in [4.78, 5) is 0. The fourth-order valence-corrected chi connectivity index (χ4v) is 4.34. The minimum atomic E-state index is 0.325. The normalized spacial score (nSPS) is 19.0. The molecule has 1 nitrogen and oxygen atoms in total. The molecular weight excluding hydrogens is 326 g/mol. The first-order valence-corrected chi connectivity index (χ1v) is 9.73. The van der Waals surface area contributed by atoms with Gasteiger partial charge >= 0.3 is 0 Å². The summed E-state index contributed by atoms with van der Waals surface area (Å²) >= 11 is 0. The minimum Gasteiger partial charge on any atom is -0.302 e. The highest BCUT2D eigenvalue weighted by Crippen LogP contribution is 2.36. The number of fused-ring (bicyclic) bond motifs is 2. The molecule has 0 saturated carbocycles. The third-order valence-electron chi connectivity index (χ3n) is 5.69. The van der Waals surface area contributed by atoms with Gasteiger partial charge in [0.1, 0.15) is 0 Å². The van der Waals surface area contributed by atoms with E-state index in [1.807, 2.05) is 0 Å². The Bertz CT molecular complexity index is 1050. The molecule has 132 valence electrons. The van der Waals surface area contributed by atoms with Crippen LogP contribution in [0.15, 0.2) is 97.1 Å². The van der Waals surface area contributed by atoms with E-state index in [0.717, 1.165) is 12.8 Å². The first kappa shape index (κ1) is 16.3. The van der Waals surface area contributed by atoms with Gasteiger partial charge in [-0.15, -0.1) is 0 Å². The average molecular weight is 349 g/mol. The third-order valence-corrected chi connectivity index (χ3v) is 5.69. The smallest absolute Gasteiger partial charge is 0.0369 e. The molecular formula is C26H23N. The van der Waals surface area contributed by atoms with Crippen LogP contribution in [0.5, 0.6) is 0 Å². The Morgan fingerprint density at radius 1 is 0.704 bits per heavy atom. The predicted octanol–water partition coefficient (Wildman–Crippen LogP) is 6.01. The molecule has 0 bridgehead atoms. The van der Waals surface area contributed by atoms with Crippen molar-refractivity contribution in [3.63, 3.8) is 0 Å². The molecule has 0 aliphatic carbocycles. The maximum Gasteiger partial charge on any atom is 0.0369 e. The maximum atomic E-state index is 3.94. The predicted molar refractivity (Wildman–Crippen MR) is 113 cm³/mol. The largest absolute Gasteiger partial charge is 0.302 e. The molecule has 0 fully saturated rings. The summed E-state index contributed by atoms with van der Waals surface area (Å²) in [5.41, 5.74) is 5.67. The Kier molecular flexibility index (Phi) is 4.23. The van der Waals surface area contributed by atoms with Crippen molar-refractivity contribution in [3.05, 3.63) is 119 Å². The summed E-state index contributed by atoms with van der Waals surface area (Å²) in [6, 6.07) is 35.8. The van der Waals surface area contributed by atoms with E-state index in [1.165, 1.54) is 33.0 Å². The summed E-state index contributed by atoms with van der Waals surface area (Å²) in [7, 11) is 0. The first-order chi connectivity index (χ1) is 13.4. The second-order valence-electron chi connectivity index (χ2n) is 7.47. The molecule has 5 rings (SSSR count). The lowest BCUT2D eigenvalue weighted by Gasteiger charge is -2.34. The Hall–Kier alpha value is -2.90. The van der Waals surface area contributed by atoms with Crippen molar-refractivity contribution in [3.8, 4) is 0 Å². The van der Waals surface area contributed by atoms with Crippen molar-refractivity contribution in [2.75, 3.05) is 0 Å². The molecule has 1 aliphatic heterocycles. The van der Waals surface area contributed by atoms with Crippen LogP contribution in [0.4, 0.5) is 0 Å². The third kappa shape index (κ3) is 3.27. The second kappa shape index (κ2) is 7.02. The zero-order valence-corrected chi connectivity index (χ0v) is 15.3. The van der Waals surface area contributed by atoms with Crippen molar-refractivity contribution in [2.24, 2.45) is 0 Å². The lowest BCUT2D eigenvalue weighted by molar-refractivity contribution is 0.410. The number of benzene rings is 4. The Morgan fingerprint density at radius 2 is 1.33 bits per heavy atom. The van der Waals surface area contributed by atoms with Crippen LogP contribution in [0.2, 0.25) is 0 Å². The van der Waals surface area contributed by atoms with Gasteiger partial charge in [-0.1, -0.05) is 91.0 Å². The Labute approximate surface area is 160 Å². The zero-order chi connectivity index (χ0) is 18.1. The quantitative estimate of drug-likeness (QED) is 0.477. The van der Waals surface area contributed by atoms with E-state index >= 15 is 0 Å². The molecule has 27 heavy (non-hydrogen) atoms. The van der Waals surface area contributed by atoms with Crippen LogP contribution in [0.1, 0.15) is 34.3 Å². The van der Waals surface area contributed by atoms with Crippen LogP contribution in [-0.2, 0) is 12.8 Å². The number of hydrogen-bond donors (Lipinski definition) is 1. The van der Waals surface area contributed by atoms with E-state index in [-0.39, 0.29) is 0 Å². The van der Waals surface area contributed by atoms with Crippen LogP contribution in [-0.4, -0.2) is 0 Å². The van der Waals surface area contributed by atoms with Crippen molar-refractivity contribution >= 4 is 10.8 Å². The minimum absolute atomic E-state index is 0.325. The zero-order valence-electron chi connectivity index (χ0n) is 15.3. The fraction of sp³-hybridized carbons (Fsp3) is 0.154. The van der Waals surface area contributed by atoms with Gasteiger partial charge in [-0.25, -0.2) is 0 Å². The molecule has 2 unspecified atom stereocenters. The van der Waals surface area contributed by atoms with Crippen molar-refractivity contribution in [2.45, 2.75) is 24.9 Å². The monoisotopic (exact) mass is 349 g/mol. The topological polar surface area (TPSA) is 12.0 Å². The lowest BCUT2D eigenvalue weighted by atomic mass is 9.83. The van der Waals surface area contributed by atoms with Crippen LogP contribution in [0, 0.1) is 0 Å². The van der Waals surface area contributed by atoms with Crippen molar-refractivity contribution in [1.82, 2.24) is 5.32 Å². The van der Waals surface area contributed by atoms with Crippen LogP contribution in [0.25, 0.3) is 10.8 Å². The average Bonchev–Trinajstić information content (AvgIpc) is 2.74. The number of hydrogen-bond acceptors (Lipinski definition) is 1. The van der Waals surface area contributed by atoms with E-state index in [4.69, 9.17) is 0 Å². The fourth-order valence-electron chi connectivity index (χ4n) is 4.34. The number of rotatable bonds is 3. The summed E-state index contributed by atoms with van der Waals surface area (Å²) < 4.78 is 0. The van der Waals surface area contributed by atoms with Crippen LogP contribution < -0.4 is 5.32 Å². The summed E-state index contributed by atoms with van der Waals surface area (Å²) in [5, 5.41) is 6.60. The SMILES string of the molecule is c1ccc(CC2NC(c3ccccc3)Cc3cc4ccccc4cc32)cc1. The van der Waals surface area contributed by atoms with Crippen molar-refractivity contribution < 1.29 is 0 Å². The lowest BCUT2D eigenvalue weighted by Crippen LogP contribution is -2.34. The summed E-state index contributed by atoms with van der Waals surface area (Å²) in [6.45, 7) is 0. The molecule has 2 atom stereocenters. The molecule has 1 aliphatic rings. The second-order valence-corrected chi connectivity index (χ2v) is 7.47. The highest BCUT2D eigenvalue weighted by Gasteiger charge is 2.27. The molecule has 0 aromatic heterocycles. The van der Waals surface area contributed by atoms with Crippen LogP contribution >= 0.6 is 0 Å². The summed E-state index contributed by atoms with van der Waals surface area (Å²) in [5.74, 6) is 0. The van der Waals surface area contributed by atoms with Crippen molar-refractivity contribution in [1.29, 1.82) is 0 Å². The van der Waals surface area contributed by atoms with Crippen LogP contribution in [0.3, 0.4) is 0 Å². The molecule has 1 N–H and O–H groups in total. The van der Waals surface area contributed by atoms with E-state index < -0.39 is 0 Å². The standard InChI is InChI=1S/C26H23N/c1-3-9-19(10-4-1)15-26-24-17-22-14-8-7-13-21(22)16-23(24)18-25(27-26)20-11-5-2-6-12-20/h1-14,16-17,25-27H,15,18H2. The van der Waals surface area contributed by atoms with Gasteiger partial charge in [-0.05, 0) is 51.9 Å². The van der Waals surface area contributed by atoms with Gasteiger partial charge < -0.3 is 5.32 Å². The molecule has 0 spiro atoms. The summed E-state index contributed by atoms with van der Waals surface area (Å²) in [6.07, 6.45) is 2.05. The number of nitrogens with one attached hydrogen (secondary N) is 1. The van der Waals surface area contributed by atoms with Gasteiger partial charge in [0.15, 0.2) is 0 Å². The molecule has 4 aromatic carbocycles. The molecule has 0 amide bonds. The van der Waals surface area contributed by atoms with E-state index in [2.05, 4.69) is 102 Å². The van der Waals surface area contributed by atoms with Gasteiger partial charge in [0.25, 0.3) is 0 Å².